The largest absolute Gasteiger partial charge is 0.407 e. The third-order valence-electron chi connectivity index (χ3n) is 1.79. The number of aromatic nitrogens is 2. The van der Waals surface area contributed by atoms with Crippen LogP contribution in [-0.4, -0.2) is 17.9 Å². The molecule has 13 heavy (non-hydrogen) atoms. The van der Waals surface area contributed by atoms with E-state index < -0.39 is 0 Å². The van der Waals surface area contributed by atoms with E-state index in [2.05, 4.69) is 15.2 Å². The van der Waals surface area contributed by atoms with Gasteiger partial charge in [-0.2, -0.15) is 0 Å². The van der Waals surface area contributed by atoms with Crippen LogP contribution < -0.4 is 11.0 Å². The van der Waals surface area contributed by atoms with Crippen molar-refractivity contribution < 1.29 is 0 Å². The maximum atomic E-state index is 5.72. The predicted molar refractivity (Wildman–Crippen MR) is 53.3 cm³/mol. The molecule has 0 spiro atoms. The molecular formula is C8H7BN4. The van der Waals surface area contributed by atoms with Gasteiger partial charge in [-0.25, -0.2) is 9.97 Å². The molecule has 0 aliphatic carbocycles. The van der Waals surface area contributed by atoms with Gasteiger partial charge in [0.2, 0.25) is 13.9 Å². The van der Waals surface area contributed by atoms with E-state index in [1.807, 2.05) is 12.1 Å². The molecule has 0 atom stereocenters. The second-order valence-corrected chi connectivity index (χ2v) is 2.62. The van der Waals surface area contributed by atoms with E-state index in [4.69, 9.17) is 13.7 Å². The Morgan fingerprint density at radius 2 is 2.23 bits per heavy atom. The fourth-order valence-corrected chi connectivity index (χ4v) is 1.15. The summed E-state index contributed by atoms with van der Waals surface area (Å²) in [6.07, 6.45) is 1.65. The van der Waals surface area contributed by atoms with Gasteiger partial charge in [0.15, 0.2) is 0 Å². The molecule has 5 heteroatoms. The molecule has 0 saturated carbocycles. The Morgan fingerprint density at radius 1 is 1.38 bits per heavy atom. The summed E-state index contributed by atoms with van der Waals surface area (Å²) >= 11 is 0. The molecule has 0 aliphatic rings. The number of nitrogens with two attached hydrogens (primary N) is 1. The fraction of sp³-hybridized carbons (Fsp3) is 0. The smallest absolute Gasteiger partial charge is 0.226 e. The van der Waals surface area contributed by atoms with Crippen molar-refractivity contribution in [2.45, 2.75) is 0 Å². The lowest BCUT2D eigenvalue weighted by atomic mass is 10.2. The first-order valence-corrected chi connectivity index (χ1v) is 3.79. The average Bonchev–Trinajstić information content (AvgIpc) is 2.18. The quantitative estimate of drug-likeness (QED) is 0.488. The Balaban J connectivity index is 2.72. The van der Waals surface area contributed by atoms with E-state index in [1.54, 1.807) is 12.3 Å². The minimum atomic E-state index is 0.387. The molecule has 0 bridgehead atoms. The highest BCUT2D eigenvalue weighted by atomic mass is 15.0. The average molecular weight is 170 g/mol. The van der Waals surface area contributed by atoms with Crippen LogP contribution in [0.15, 0.2) is 24.4 Å². The molecule has 62 valence electrons. The van der Waals surface area contributed by atoms with Crippen molar-refractivity contribution in [2.75, 3.05) is 11.0 Å². The summed E-state index contributed by atoms with van der Waals surface area (Å²) in [5.41, 5.74) is 7.16. The zero-order valence-corrected chi connectivity index (χ0v) is 6.86. The number of anilines is 2. The van der Waals surface area contributed by atoms with Crippen molar-refractivity contribution in [1.82, 2.24) is 9.97 Å². The first-order chi connectivity index (χ1) is 6.31. The van der Waals surface area contributed by atoms with Crippen molar-refractivity contribution >= 4 is 30.5 Å². The molecule has 1 heterocycles. The van der Waals surface area contributed by atoms with Crippen LogP contribution in [0.25, 0.3) is 10.9 Å². The molecule has 2 rings (SSSR count). The van der Waals surface area contributed by atoms with Gasteiger partial charge in [-0.1, -0.05) is 6.07 Å². The number of benzene rings is 1. The lowest BCUT2D eigenvalue weighted by Crippen LogP contribution is -1.98. The maximum absolute atomic E-state index is 5.72. The molecule has 0 saturated heterocycles. The van der Waals surface area contributed by atoms with Crippen LogP contribution in [0.2, 0.25) is 0 Å². The number of hydrogen-bond donors (Lipinski definition) is 2. The van der Waals surface area contributed by atoms with Crippen molar-refractivity contribution in [3.05, 3.63) is 24.4 Å². The summed E-state index contributed by atoms with van der Waals surface area (Å²) in [5.74, 6) is 0.387. The second kappa shape index (κ2) is 2.93. The second-order valence-electron chi connectivity index (χ2n) is 2.62. The first-order valence-electron chi connectivity index (χ1n) is 3.79. The lowest BCUT2D eigenvalue weighted by molar-refractivity contribution is 1.24. The van der Waals surface area contributed by atoms with Crippen molar-refractivity contribution in [3.8, 4) is 0 Å². The third-order valence-corrected chi connectivity index (χ3v) is 1.79. The first kappa shape index (κ1) is 7.85. The van der Waals surface area contributed by atoms with E-state index in [0.29, 0.717) is 11.6 Å². The minimum absolute atomic E-state index is 0.387. The standard InChI is InChI=1S/C8H7BN4/c9-13-8-11-4-5-6(10)2-1-3-7(5)12-8/h1-4H,10H2,(H,11,12,13). The Morgan fingerprint density at radius 3 is 3.00 bits per heavy atom. The van der Waals surface area contributed by atoms with Gasteiger partial charge in [0.05, 0.1) is 5.52 Å². The number of fused-ring (bicyclic) bond motifs is 1. The minimum Gasteiger partial charge on any atom is -0.407 e. The predicted octanol–water partition coefficient (Wildman–Crippen LogP) is 0.707. The summed E-state index contributed by atoms with van der Waals surface area (Å²) in [4.78, 5) is 8.09. The van der Waals surface area contributed by atoms with E-state index in [9.17, 15) is 0 Å². The summed E-state index contributed by atoms with van der Waals surface area (Å²) < 4.78 is 0. The molecule has 0 amide bonds. The van der Waals surface area contributed by atoms with Crippen LogP contribution >= 0.6 is 0 Å². The Hall–Kier alpha value is -1.78. The number of nitrogen functional groups attached to an aromatic ring is 1. The maximum Gasteiger partial charge on any atom is 0.226 e. The van der Waals surface area contributed by atoms with Crippen molar-refractivity contribution in [2.24, 2.45) is 0 Å². The molecule has 0 fully saturated rings. The Labute approximate surface area is 76.6 Å². The summed E-state index contributed by atoms with van der Waals surface area (Å²) in [7, 11) is 5.17. The summed E-state index contributed by atoms with van der Waals surface area (Å²) in [6.45, 7) is 0. The molecule has 0 unspecified atom stereocenters. The normalized spacial score (nSPS) is 10.2. The van der Waals surface area contributed by atoms with Gasteiger partial charge in [-0.05, 0) is 12.1 Å². The zero-order chi connectivity index (χ0) is 9.26. The highest BCUT2D eigenvalue weighted by Gasteiger charge is 1.99. The van der Waals surface area contributed by atoms with Gasteiger partial charge in [-0.15, -0.1) is 0 Å². The Kier molecular flexibility index (Phi) is 1.77. The lowest BCUT2D eigenvalue weighted by Gasteiger charge is -2.02. The summed E-state index contributed by atoms with van der Waals surface area (Å²) in [6, 6.07) is 5.50. The van der Waals surface area contributed by atoms with Gasteiger partial charge in [-0.3, -0.25) is 0 Å². The van der Waals surface area contributed by atoms with Crippen LogP contribution in [0.5, 0.6) is 0 Å². The topological polar surface area (TPSA) is 63.8 Å². The monoisotopic (exact) mass is 170 g/mol. The fourth-order valence-electron chi connectivity index (χ4n) is 1.15. The third kappa shape index (κ3) is 1.28. The van der Waals surface area contributed by atoms with Gasteiger partial charge < -0.3 is 11.0 Å². The van der Waals surface area contributed by atoms with E-state index >= 15 is 0 Å². The SMILES string of the molecule is [B]Nc1ncc2c(N)cccc2n1. The molecular weight excluding hydrogens is 163 g/mol. The molecule has 4 nitrogen and oxygen atoms in total. The van der Waals surface area contributed by atoms with E-state index in [0.717, 1.165) is 10.9 Å². The zero-order valence-electron chi connectivity index (χ0n) is 6.86. The van der Waals surface area contributed by atoms with Crippen LogP contribution in [0.3, 0.4) is 0 Å². The van der Waals surface area contributed by atoms with Gasteiger partial charge in [0.25, 0.3) is 0 Å². The van der Waals surface area contributed by atoms with Gasteiger partial charge in [0, 0.05) is 17.3 Å². The van der Waals surface area contributed by atoms with Crippen LogP contribution in [0.1, 0.15) is 0 Å². The highest BCUT2D eigenvalue weighted by molar-refractivity contribution is 6.15. The summed E-state index contributed by atoms with van der Waals surface area (Å²) in [5, 5.41) is 3.21. The molecule has 3 N–H and O–H groups in total. The molecule has 1 aromatic carbocycles. The number of hydrogen-bond acceptors (Lipinski definition) is 4. The Bertz CT molecular complexity index is 443. The van der Waals surface area contributed by atoms with Gasteiger partial charge >= 0.3 is 0 Å². The van der Waals surface area contributed by atoms with Crippen LogP contribution in [-0.2, 0) is 0 Å². The highest BCUT2D eigenvalue weighted by Crippen LogP contribution is 2.18. The number of rotatable bonds is 1. The molecule has 1 aromatic heterocycles. The van der Waals surface area contributed by atoms with Crippen molar-refractivity contribution in [1.29, 1.82) is 0 Å². The van der Waals surface area contributed by atoms with Crippen LogP contribution in [0, 0.1) is 0 Å². The molecule has 2 aromatic rings. The molecule has 0 aliphatic heterocycles. The van der Waals surface area contributed by atoms with Crippen LogP contribution in [0.4, 0.5) is 11.6 Å². The van der Waals surface area contributed by atoms with Crippen molar-refractivity contribution in [3.63, 3.8) is 0 Å². The van der Waals surface area contributed by atoms with Gasteiger partial charge in [0.1, 0.15) is 0 Å². The molecule has 2 radical (unpaired) electrons. The number of nitrogens with one attached hydrogen (secondary N) is 1. The number of nitrogens with zero attached hydrogens (tertiary/aromatic N) is 2. The van der Waals surface area contributed by atoms with E-state index in [1.165, 1.54) is 0 Å². The van der Waals surface area contributed by atoms with E-state index in [-0.39, 0.29) is 0 Å².